The third-order valence-electron chi connectivity index (χ3n) is 5.79. The molecular formula is C24H29N5O2. The summed E-state index contributed by atoms with van der Waals surface area (Å²) in [5.74, 6) is 2.18. The summed E-state index contributed by atoms with van der Waals surface area (Å²) in [5.41, 5.74) is 2.96. The van der Waals surface area contributed by atoms with Gasteiger partial charge in [0.05, 0.1) is 12.6 Å². The molecule has 2 N–H and O–H groups in total. The molecule has 0 radical (unpaired) electrons. The van der Waals surface area contributed by atoms with Crippen LogP contribution in [0.5, 0.6) is 5.75 Å². The fourth-order valence-corrected chi connectivity index (χ4v) is 3.94. The number of anilines is 2. The molecule has 0 bridgehead atoms. The molecule has 4 rings (SSSR count). The standard InChI is InChI=1S/C24H29N5O2/c1-16(2)17-4-6-18(7-5-17)27-24(30)28-19-10-12-29(13-11-19)23-21-14-20(31-3)8-9-22(21)25-15-26-23/h4-9,14-16,19H,10-13H2,1-3H3,(H2,27,28,30). The quantitative estimate of drug-likeness (QED) is 0.634. The van der Waals surface area contributed by atoms with Gasteiger partial charge in [0.1, 0.15) is 17.9 Å². The van der Waals surface area contributed by atoms with E-state index in [-0.39, 0.29) is 12.1 Å². The van der Waals surface area contributed by atoms with Crippen LogP contribution in [0.25, 0.3) is 10.9 Å². The minimum atomic E-state index is -0.159. The Labute approximate surface area is 182 Å². The van der Waals surface area contributed by atoms with Crippen LogP contribution in [0.3, 0.4) is 0 Å². The van der Waals surface area contributed by atoms with Gasteiger partial charge in [-0.3, -0.25) is 0 Å². The number of amides is 2. The van der Waals surface area contributed by atoms with Crippen molar-refractivity contribution in [1.29, 1.82) is 0 Å². The second-order valence-corrected chi connectivity index (χ2v) is 8.22. The van der Waals surface area contributed by atoms with Gasteiger partial charge >= 0.3 is 6.03 Å². The highest BCUT2D eigenvalue weighted by atomic mass is 16.5. The monoisotopic (exact) mass is 419 g/mol. The first kappa shape index (κ1) is 20.9. The zero-order valence-electron chi connectivity index (χ0n) is 18.3. The number of urea groups is 1. The molecule has 1 fully saturated rings. The highest BCUT2D eigenvalue weighted by Gasteiger charge is 2.23. The molecule has 0 saturated carbocycles. The smallest absolute Gasteiger partial charge is 0.319 e. The highest BCUT2D eigenvalue weighted by molar-refractivity contribution is 5.91. The number of hydrogen-bond donors (Lipinski definition) is 2. The molecule has 1 aromatic heterocycles. The zero-order chi connectivity index (χ0) is 21.8. The van der Waals surface area contributed by atoms with Crippen molar-refractivity contribution >= 4 is 28.4 Å². The molecular weight excluding hydrogens is 390 g/mol. The summed E-state index contributed by atoms with van der Waals surface area (Å²) in [6, 6.07) is 13.8. The fraction of sp³-hybridized carbons (Fsp3) is 0.375. The number of nitrogens with zero attached hydrogens (tertiary/aromatic N) is 3. The van der Waals surface area contributed by atoms with Crippen LogP contribution in [0.2, 0.25) is 0 Å². The number of fused-ring (bicyclic) bond motifs is 1. The molecule has 0 spiro atoms. The van der Waals surface area contributed by atoms with Crippen molar-refractivity contribution < 1.29 is 9.53 Å². The molecule has 0 unspecified atom stereocenters. The van der Waals surface area contributed by atoms with Crippen molar-refractivity contribution in [3.63, 3.8) is 0 Å². The van der Waals surface area contributed by atoms with Crippen LogP contribution in [0, 0.1) is 0 Å². The van der Waals surface area contributed by atoms with E-state index < -0.39 is 0 Å². The molecule has 7 heteroatoms. The summed E-state index contributed by atoms with van der Waals surface area (Å²) >= 11 is 0. The number of rotatable bonds is 5. The Hall–Kier alpha value is -3.35. The van der Waals surface area contributed by atoms with E-state index in [0.717, 1.165) is 54.1 Å². The average Bonchev–Trinajstić information content (AvgIpc) is 2.79. The molecule has 1 saturated heterocycles. The number of piperidine rings is 1. The molecule has 2 heterocycles. The van der Waals surface area contributed by atoms with Gasteiger partial charge in [-0.2, -0.15) is 0 Å². The van der Waals surface area contributed by atoms with Crippen LogP contribution < -0.4 is 20.3 Å². The summed E-state index contributed by atoms with van der Waals surface area (Å²) in [5, 5.41) is 7.02. The fourth-order valence-electron chi connectivity index (χ4n) is 3.94. The van der Waals surface area contributed by atoms with Gasteiger partial charge in [-0.15, -0.1) is 0 Å². The molecule has 2 aromatic carbocycles. The SMILES string of the molecule is COc1ccc2ncnc(N3CCC(NC(=O)Nc4ccc(C(C)C)cc4)CC3)c2c1. The summed E-state index contributed by atoms with van der Waals surface area (Å²) < 4.78 is 5.36. The predicted octanol–water partition coefficient (Wildman–Crippen LogP) is 4.55. The summed E-state index contributed by atoms with van der Waals surface area (Å²) in [4.78, 5) is 23.6. The number of carbonyl (C=O) groups is 1. The number of nitrogens with one attached hydrogen (secondary N) is 2. The molecule has 0 atom stereocenters. The van der Waals surface area contributed by atoms with Crippen LogP contribution in [0.4, 0.5) is 16.3 Å². The second kappa shape index (κ2) is 9.20. The van der Waals surface area contributed by atoms with E-state index in [1.807, 2.05) is 30.3 Å². The van der Waals surface area contributed by atoms with Crippen molar-refractivity contribution in [2.45, 2.75) is 38.6 Å². The van der Waals surface area contributed by atoms with Gasteiger partial charge in [-0.05, 0) is 54.7 Å². The third-order valence-corrected chi connectivity index (χ3v) is 5.79. The van der Waals surface area contributed by atoms with E-state index in [4.69, 9.17) is 4.74 Å². The average molecular weight is 420 g/mol. The van der Waals surface area contributed by atoms with Gasteiger partial charge in [0.25, 0.3) is 0 Å². The molecule has 162 valence electrons. The first-order chi connectivity index (χ1) is 15.0. The van der Waals surface area contributed by atoms with E-state index in [1.54, 1.807) is 13.4 Å². The van der Waals surface area contributed by atoms with Crippen LogP contribution in [0.1, 0.15) is 38.2 Å². The van der Waals surface area contributed by atoms with E-state index >= 15 is 0 Å². The number of benzene rings is 2. The Morgan fingerprint density at radius 2 is 1.84 bits per heavy atom. The largest absolute Gasteiger partial charge is 0.497 e. The minimum Gasteiger partial charge on any atom is -0.497 e. The van der Waals surface area contributed by atoms with Crippen LogP contribution >= 0.6 is 0 Å². The Morgan fingerprint density at radius 3 is 2.52 bits per heavy atom. The molecule has 2 amide bonds. The Balaban J connectivity index is 1.34. The number of aromatic nitrogens is 2. The van der Waals surface area contributed by atoms with Gasteiger partial charge < -0.3 is 20.3 Å². The minimum absolute atomic E-state index is 0.133. The third kappa shape index (κ3) is 4.87. The molecule has 31 heavy (non-hydrogen) atoms. The molecule has 0 aliphatic carbocycles. The first-order valence-corrected chi connectivity index (χ1v) is 10.7. The van der Waals surface area contributed by atoms with Crippen molar-refractivity contribution in [2.24, 2.45) is 0 Å². The van der Waals surface area contributed by atoms with Crippen LogP contribution in [0.15, 0.2) is 48.8 Å². The van der Waals surface area contributed by atoms with Crippen molar-refractivity contribution in [3.8, 4) is 5.75 Å². The van der Waals surface area contributed by atoms with E-state index in [9.17, 15) is 4.79 Å². The van der Waals surface area contributed by atoms with E-state index in [0.29, 0.717) is 5.92 Å². The maximum absolute atomic E-state index is 12.4. The summed E-state index contributed by atoms with van der Waals surface area (Å²) in [6.07, 6.45) is 3.32. The van der Waals surface area contributed by atoms with E-state index in [1.165, 1.54) is 5.56 Å². The zero-order valence-corrected chi connectivity index (χ0v) is 18.3. The van der Waals surface area contributed by atoms with Gasteiger partial charge in [0.2, 0.25) is 0 Å². The maximum atomic E-state index is 12.4. The lowest BCUT2D eigenvalue weighted by Crippen LogP contribution is -2.46. The number of ether oxygens (including phenoxy) is 1. The van der Waals surface area contributed by atoms with Crippen molar-refractivity contribution in [2.75, 3.05) is 30.4 Å². The normalized spacial score (nSPS) is 14.6. The summed E-state index contributed by atoms with van der Waals surface area (Å²) in [6.45, 7) is 5.94. The van der Waals surface area contributed by atoms with E-state index in [2.05, 4.69) is 51.5 Å². The lowest BCUT2D eigenvalue weighted by Gasteiger charge is -2.33. The Kier molecular flexibility index (Phi) is 6.21. The molecule has 1 aliphatic rings. The lowest BCUT2D eigenvalue weighted by molar-refractivity contribution is 0.246. The van der Waals surface area contributed by atoms with Gasteiger partial charge in [-0.25, -0.2) is 14.8 Å². The maximum Gasteiger partial charge on any atom is 0.319 e. The highest BCUT2D eigenvalue weighted by Crippen LogP contribution is 2.28. The molecule has 3 aromatic rings. The van der Waals surface area contributed by atoms with Gasteiger partial charge in [0, 0.05) is 30.2 Å². The molecule has 7 nitrogen and oxygen atoms in total. The number of methoxy groups -OCH3 is 1. The van der Waals surface area contributed by atoms with Crippen LogP contribution in [-0.4, -0.2) is 42.2 Å². The predicted molar refractivity (Wildman–Crippen MR) is 124 cm³/mol. The van der Waals surface area contributed by atoms with Crippen molar-refractivity contribution in [3.05, 3.63) is 54.4 Å². The number of hydrogen-bond acceptors (Lipinski definition) is 5. The number of carbonyl (C=O) groups excluding carboxylic acids is 1. The first-order valence-electron chi connectivity index (χ1n) is 10.7. The van der Waals surface area contributed by atoms with Crippen molar-refractivity contribution in [1.82, 2.24) is 15.3 Å². The lowest BCUT2D eigenvalue weighted by atomic mass is 10.0. The van der Waals surface area contributed by atoms with Crippen LogP contribution in [-0.2, 0) is 0 Å². The topological polar surface area (TPSA) is 79.4 Å². The van der Waals surface area contributed by atoms with Gasteiger partial charge in [0.15, 0.2) is 0 Å². The van der Waals surface area contributed by atoms with Gasteiger partial charge in [-0.1, -0.05) is 26.0 Å². The molecule has 1 aliphatic heterocycles. The second-order valence-electron chi connectivity index (χ2n) is 8.22. The Bertz CT molecular complexity index is 1040. The summed E-state index contributed by atoms with van der Waals surface area (Å²) in [7, 11) is 1.66. The Morgan fingerprint density at radius 1 is 1.10 bits per heavy atom.